The SMILES string of the molecule is Cc1ccc2nc(C3CCCC3)sc2c1-c1n(-c2ccc(-c3ccccc3)cc2)c2ccccc2[n+]1C. The van der Waals surface area contributed by atoms with E-state index >= 15 is 0 Å². The van der Waals surface area contributed by atoms with Crippen molar-refractivity contribution in [3.8, 4) is 28.2 Å². The highest BCUT2D eigenvalue weighted by molar-refractivity contribution is 7.19. The Hall–Kier alpha value is -3.76. The molecule has 0 unspecified atom stereocenters. The predicted molar refractivity (Wildman–Crippen MR) is 154 cm³/mol. The molecule has 0 atom stereocenters. The fourth-order valence-corrected chi connectivity index (χ4v) is 7.35. The van der Waals surface area contributed by atoms with Crippen LogP contribution in [0.15, 0.2) is 91.0 Å². The summed E-state index contributed by atoms with van der Waals surface area (Å²) >= 11 is 1.91. The number of rotatable bonds is 4. The molecule has 0 saturated heterocycles. The van der Waals surface area contributed by atoms with Gasteiger partial charge >= 0.3 is 0 Å². The smallest absolute Gasteiger partial charge is 0.241 e. The summed E-state index contributed by atoms with van der Waals surface area (Å²) in [5.74, 6) is 1.83. The molecule has 3 nitrogen and oxygen atoms in total. The van der Waals surface area contributed by atoms with E-state index in [2.05, 4.69) is 114 Å². The van der Waals surface area contributed by atoms with Gasteiger partial charge < -0.3 is 0 Å². The van der Waals surface area contributed by atoms with Crippen LogP contribution in [-0.2, 0) is 7.05 Å². The minimum atomic E-state index is 0.621. The van der Waals surface area contributed by atoms with Gasteiger partial charge in [-0.25, -0.2) is 9.55 Å². The molecule has 4 heteroatoms. The molecule has 0 bridgehead atoms. The third kappa shape index (κ3) is 3.70. The van der Waals surface area contributed by atoms with E-state index in [4.69, 9.17) is 4.98 Å². The van der Waals surface area contributed by atoms with Gasteiger partial charge in [-0.1, -0.05) is 73.5 Å². The maximum atomic E-state index is 5.15. The van der Waals surface area contributed by atoms with Gasteiger partial charge in [-0.3, -0.25) is 0 Å². The molecule has 0 radical (unpaired) electrons. The molecule has 2 heterocycles. The number of imidazole rings is 1. The van der Waals surface area contributed by atoms with Crippen molar-refractivity contribution in [2.75, 3.05) is 0 Å². The maximum absolute atomic E-state index is 5.15. The molecule has 37 heavy (non-hydrogen) atoms. The molecule has 0 spiro atoms. The van der Waals surface area contributed by atoms with Crippen molar-refractivity contribution in [1.82, 2.24) is 9.55 Å². The Morgan fingerprint density at radius 1 is 0.811 bits per heavy atom. The minimum absolute atomic E-state index is 0.621. The Morgan fingerprint density at radius 3 is 2.30 bits per heavy atom. The Balaban J connectivity index is 1.46. The van der Waals surface area contributed by atoms with Crippen LogP contribution < -0.4 is 4.57 Å². The lowest BCUT2D eigenvalue weighted by Crippen LogP contribution is -2.30. The molecular formula is C33H30N3S+. The van der Waals surface area contributed by atoms with E-state index < -0.39 is 0 Å². The lowest BCUT2D eigenvalue weighted by atomic mass is 10.0. The summed E-state index contributed by atoms with van der Waals surface area (Å²) in [4.78, 5) is 5.15. The summed E-state index contributed by atoms with van der Waals surface area (Å²) in [6.07, 6.45) is 5.20. The van der Waals surface area contributed by atoms with Crippen LogP contribution in [0.25, 0.3) is 49.5 Å². The molecule has 1 aliphatic carbocycles. The summed E-state index contributed by atoms with van der Waals surface area (Å²) in [6, 6.07) is 32.8. The number of para-hydroxylation sites is 2. The number of hydrogen-bond donors (Lipinski definition) is 0. The van der Waals surface area contributed by atoms with E-state index in [9.17, 15) is 0 Å². The molecule has 182 valence electrons. The van der Waals surface area contributed by atoms with E-state index in [1.54, 1.807) is 0 Å². The minimum Gasteiger partial charge on any atom is -0.241 e. The number of benzene rings is 4. The van der Waals surface area contributed by atoms with E-state index in [0.29, 0.717) is 5.92 Å². The van der Waals surface area contributed by atoms with Gasteiger partial charge in [0.25, 0.3) is 5.82 Å². The zero-order valence-corrected chi connectivity index (χ0v) is 22.1. The Morgan fingerprint density at radius 2 is 1.51 bits per heavy atom. The molecule has 7 rings (SSSR count). The number of aryl methyl sites for hydroxylation is 2. The second kappa shape index (κ2) is 8.97. The third-order valence-corrected chi connectivity index (χ3v) is 9.21. The van der Waals surface area contributed by atoms with Crippen LogP contribution in [0, 0.1) is 6.92 Å². The lowest BCUT2D eigenvalue weighted by molar-refractivity contribution is -0.633. The summed E-state index contributed by atoms with van der Waals surface area (Å²) in [5.41, 5.74) is 9.79. The zero-order valence-electron chi connectivity index (χ0n) is 21.3. The molecule has 1 aliphatic rings. The Labute approximate surface area is 221 Å². The summed E-state index contributed by atoms with van der Waals surface area (Å²) in [5, 5.41) is 1.32. The molecule has 0 N–H and O–H groups in total. The molecular weight excluding hydrogens is 470 g/mol. The first-order valence-electron chi connectivity index (χ1n) is 13.2. The van der Waals surface area contributed by atoms with Gasteiger partial charge in [0.1, 0.15) is 5.69 Å². The van der Waals surface area contributed by atoms with Gasteiger partial charge in [0.2, 0.25) is 0 Å². The molecule has 0 amide bonds. The van der Waals surface area contributed by atoms with E-state index in [-0.39, 0.29) is 0 Å². The van der Waals surface area contributed by atoms with Gasteiger partial charge in [0.05, 0.1) is 27.8 Å². The highest BCUT2D eigenvalue weighted by Crippen LogP contribution is 2.42. The number of fused-ring (bicyclic) bond motifs is 2. The monoisotopic (exact) mass is 500 g/mol. The average Bonchev–Trinajstić information content (AvgIpc) is 3.68. The van der Waals surface area contributed by atoms with Crippen molar-refractivity contribution in [3.05, 3.63) is 102 Å². The fraction of sp³-hybridized carbons (Fsp3) is 0.212. The van der Waals surface area contributed by atoms with Crippen molar-refractivity contribution < 1.29 is 4.57 Å². The predicted octanol–water partition coefficient (Wildman–Crippen LogP) is 8.36. The Bertz CT molecular complexity index is 1740. The maximum Gasteiger partial charge on any atom is 0.296 e. The van der Waals surface area contributed by atoms with Crippen molar-refractivity contribution >= 4 is 32.6 Å². The number of nitrogens with zero attached hydrogens (tertiary/aromatic N) is 3. The van der Waals surface area contributed by atoms with E-state index in [1.807, 2.05) is 11.3 Å². The molecule has 4 aromatic carbocycles. The summed E-state index contributed by atoms with van der Waals surface area (Å²) in [6.45, 7) is 2.24. The summed E-state index contributed by atoms with van der Waals surface area (Å²) in [7, 11) is 2.20. The zero-order chi connectivity index (χ0) is 24.9. The topological polar surface area (TPSA) is 21.7 Å². The largest absolute Gasteiger partial charge is 0.296 e. The van der Waals surface area contributed by atoms with Crippen molar-refractivity contribution in [3.63, 3.8) is 0 Å². The van der Waals surface area contributed by atoms with Crippen LogP contribution in [0.2, 0.25) is 0 Å². The molecule has 1 fully saturated rings. The molecule has 6 aromatic rings. The highest BCUT2D eigenvalue weighted by atomic mass is 32.1. The third-order valence-electron chi connectivity index (χ3n) is 7.96. The molecule has 2 aromatic heterocycles. The van der Waals surface area contributed by atoms with Crippen LogP contribution in [0.3, 0.4) is 0 Å². The van der Waals surface area contributed by atoms with Crippen LogP contribution >= 0.6 is 11.3 Å². The first-order valence-corrected chi connectivity index (χ1v) is 14.1. The van der Waals surface area contributed by atoms with Gasteiger partial charge in [-0.2, -0.15) is 4.57 Å². The van der Waals surface area contributed by atoms with Gasteiger partial charge in [-0.05, 0) is 66.8 Å². The second-order valence-electron chi connectivity index (χ2n) is 10.3. The first kappa shape index (κ1) is 22.4. The molecule has 0 aliphatic heterocycles. The fourth-order valence-electron chi connectivity index (χ4n) is 6.02. The number of hydrogen-bond acceptors (Lipinski definition) is 2. The van der Waals surface area contributed by atoms with Crippen LogP contribution in [-0.4, -0.2) is 9.55 Å². The van der Waals surface area contributed by atoms with Gasteiger partial charge in [-0.15, -0.1) is 11.3 Å². The summed E-state index contributed by atoms with van der Waals surface area (Å²) < 4.78 is 6.10. The van der Waals surface area contributed by atoms with Gasteiger partial charge in [0, 0.05) is 5.92 Å². The van der Waals surface area contributed by atoms with Crippen molar-refractivity contribution in [1.29, 1.82) is 0 Å². The standard InChI is InChI=1S/C33H30N3S/c1-22-16-21-27-31(37-32(34-27)25-12-6-7-13-25)30(22)33-35(2)28-14-8-9-15-29(28)36(33)26-19-17-24(18-20-26)23-10-4-3-5-11-23/h3-5,8-11,14-21,25H,6-7,12-13H2,1-2H3/q+1. The lowest BCUT2D eigenvalue weighted by Gasteiger charge is -2.08. The number of aromatic nitrogens is 3. The first-order chi connectivity index (χ1) is 18.2. The van der Waals surface area contributed by atoms with Crippen molar-refractivity contribution in [2.24, 2.45) is 7.05 Å². The van der Waals surface area contributed by atoms with Crippen molar-refractivity contribution in [2.45, 2.75) is 38.5 Å². The average molecular weight is 501 g/mol. The van der Waals surface area contributed by atoms with Crippen LogP contribution in [0.5, 0.6) is 0 Å². The van der Waals surface area contributed by atoms with Crippen LogP contribution in [0.1, 0.15) is 42.2 Å². The second-order valence-corrected chi connectivity index (χ2v) is 11.3. The van der Waals surface area contributed by atoms with Gasteiger partial charge in [0.15, 0.2) is 11.0 Å². The van der Waals surface area contributed by atoms with Crippen LogP contribution in [0.4, 0.5) is 0 Å². The van der Waals surface area contributed by atoms with E-state index in [0.717, 1.165) is 5.52 Å². The quantitative estimate of drug-likeness (QED) is 0.223. The highest BCUT2D eigenvalue weighted by Gasteiger charge is 2.30. The normalized spacial score (nSPS) is 14.2. The van der Waals surface area contributed by atoms with E-state index in [1.165, 1.54) is 80.2 Å². The molecule has 1 saturated carbocycles. The Kier molecular flexibility index (Phi) is 5.44. The number of thiazole rings is 1.